The van der Waals surface area contributed by atoms with Crippen LogP contribution < -0.4 is 10.2 Å². The molecular formula is C16H20ClN5OS. The fourth-order valence-corrected chi connectivity index (χ4v) is 5.15. The molecule has 0 aromatic carbocycles. The Hall–Kier alpha value is -1.60. The Labute approximate surface area is 149 Å². The average molecular weight is 366 g/mol. The maximum absolute atomic E-state index is 12.2. The number of thiazole rings is 1. The summed E-state index contributed by atoms with van der Waals surface area (Å²) in [5.41, 5.74) is 2.80. The third kappa shape index (κ3) is 2.59. The van der Waals surface area contributed by atoms with Gasteiger partial charge in [-0.25, -0.2) is 4.98 Å². The van der Waals surface area contributed by atoms with Gasteiger partial charge in [0.25, 0.3) is 0 Å². The van der Waals surface area contributed by atoms with Crippen molar-refractivity contribution in [1.29, 1.82) is 0 Å². The van der Waals surface area contributed by atoms with Gasteiger partial charge in [-0.15, -0.1) is 11.3 Å². The molecule has 1 N–H and O–H groups in total. The Morgan fingerprint density at radius 1 is 1.33 bits per heavy atom. The predicted octanol–water partition coefficient (Wildman–Crippen LogP) is 2.59. The van der Waals surface area contributed by atoms with Crippen LogP contribution in [0.4, 0.5) is 5.13 Å². The number of rotatable bonds is 2. The minimum atomic E-state index is -0.0717. The lowest BCUT2D eigenvalue weighted by molar-refractivity contribution is -0.121. The quantitative estimate of drug-likeness (QED) is 0.888. The molecule has 6 nitrogen and oxygen atoms in total. The molecule has 0 saturated carbocycles. The Morgan fingerprint density at radius 2 is 2.08 bits per heavy atom. The number of nitrogens with one attached hydrogen (secondary N) is 1. The smallest absolute Gasteiger partial charge is 0.221 e. The summed E-state index contributed by atoms with van der Waals surface area (Å²) < 4.78 is 1.68. The Morgan fingerprint density at radius 3 is 2.75 bits per heavy atom. The highest BCUT2D eigenvalue weighted by molar-refractivity contribution is 7.15. The van der Waals surface area contributed by atoms with Crippen molar-refractivity contribution in [2.75, 3.05) is 18.0 Å². The number of fused-ring (bicyclic) bond motifs is 1. The fraction of sp³-hybridized carbons (Fsp3) is 0.562. The monoisotopic (exact) mass is 365 g/mol. The summed E-state index contributed by atoms with van der Waals surface area (Å²) in [7, 11) is 1.83. The summed E-state index contributed by atoms with van der Waals surface area (Å²) in [6, 6.07) is 0. The second kappa shape index (κ2) is 6.04. The number of aromatic nitrogens is 3. The van der Waals surface area contributed by atoms with E-state index in [0.717, 1.165) is 40.0 Å². The number of carbonyl (C=O) groups excluding carboxylic acids is 1. The van der Waals surface area contributed by atoms with Gasteiger partial charge < -0.3 is 10.2 Å². The van der Waals surface area contributed by atoms with Gasteiger partial charge >= 0.3 is 0 Å². The Bertz CT molecular complexity index is 793. The molecule has 2 aromatic rings. The summed E-state index contributed by atoms with van der Waals surface area (Å²) in [6.07, 6.45) is 2.83. The molecule has 4 heterocycles. The van der Waals surface area contributed by atoms with E-state index in [1.807, 2.05) is 14.0 Å². The number of nitrogens with zero attached hydrogens (tertiary/aromatic N) is 4. The van der Waals surface area contributed by atoms with Crippen LogP contribution in [0.3, 0.4) is 0 Å². The van der Waals surface area contributed by atoms with Crippen molar-refractivity contribution in [3.8, 4) is 0 Å². The first kappa shape index (κ1) is 15.9. The molecule has 1 saturated heterocycles. The Kier molecular flexibility index (Phi) is 4.00. The lowest BCUT2D eigenvalue weighted by atomic mass is 9.94. The number of hydrogen-bond donors (Lipinski definition) is 1. The minimum Gasteiger partial charge on any atom is -0.350 e. The molecule has 1 amide bonds. The van der Waals surface area contributed by atoms with Crippen molar-refractivity contribution in [2.24, 2.45) is 7.05 Å². The zero-order valence-electron chi connectivity index (χ0n) is 13.8. The average Bonchev–Trinajstić information content (AvgIpc) is 3.23. The molecule has 128 valence electrons. The molecule has 0 aliphatic carbocycles. The molecule has 8 heteroatoms. The van der Waals surface area contributed by atoms with Gasteiger partial charge in [0.15, 0.2) is 5.13 Å². The maximum Gasteiger partial charge on any atom is 0.221 e. The van der Waals surface area contributed by atoms with Gasteiger partial charge in [0.2, 0.25) is 5.91 Å². The molecule has 2 aliphatic rings. The van der Waals surface area contributed by atoms with E-state index in [4.69, 9.17) is 16.6 Å². The normalized spacial score (nSPS) is 20.9. The van der Waals surface area contributed by atoms with Crippen LogP contribution >= 0.6 is 22.9 Å². The zero-order valence-corrected chi connectivity index (χ0v) is 15.4. The molecule has 0 bridgehead atoms. The van der Waals surface area contributed by atoms with Crippen molar-refractivity contribution in [2.45, 2.75) is 38.6 Å². The van der Waals surface area contributed by atoms with E-state index in [-0.39, 0.29) is 11.8 Å². The highest BCUT2D eigenvalue weighted by atomic mass is 35.5. The number of carbonyl (C=O) groups is 1. The topological polar surface area (TPSA) is 63.1 Å². The van der Waals surface area contributed by atoms with E-state index in [0.29, 0.717) is 18.1 Å². The molecule has 4 rings (SSSR count). The van der Waals surface area contributed by atoms with Gasteiger partial charge in [0, 0.05) is 42.9 Å². The third-order valence-electron chi connectivity index (χ3n) is 4.80. The summed E-state index contributed by atoms with van der Waals surface area (Å²) in [5.74, 6) is -0.0372. The second-order valence-electron chi connectivity index (χ2n) is 6.45. The van der Waals surface area contributed by atoms with Gasteiger partial charge in [-0.1, -0.05) is 11.6 Å². The van der Waals surface area contributed by atoms with Crippen molar-refractivity contribution in [3.05, 3.63) is 27.0 Å². The van der Waals surface area contributed by atoms with E-state index in [1.54, 1.807) is 16.0 Å². The highest BCUT2D eigenvalue weighted by Gasteiger charge is 2.33. The third-order valence-corrected chi connectivity index (χ3v) is 6.52. The lowest BCUT2D eigenvalue weighted by Crippen LogP contribution is -2.22. The first-order chi connectivity index (χ1) is 11.5. The van der Waals surface area contributed by atoms with Crippen molar-refractivity contribution in [3.63, 3.8) is 0 Å². The lowest BCUT2D eigenvalue weighted by Gasteiger charge is -2.15. The van der Waals surface area contributed by atoms with Crippen LogP contribution in [-0.2, 0) is 18.4 Å². The van der Waals surface area contributed by atoms with Gasteiger partial charge in [0.05, 0.1) is 17.9 Å². The van der Waals surface area contributed by atoms with E-state index < -0.39 is 0 Å². The van der Waals surface area contributed by atoms with Crippen molar-refractivity contribution < 1.29 is 4.79 Å². The molecular weight excluding hydrogens is 346 g/mol. The van der Waals surface area contributed by atoms with Crippen LogP contribution in [0.25, 0.3) is 0 Å². The SMILES string of the molecule is Cc1nn(C)c(Cl)c1C1CC(=O)NCc2nc(N3CCCC3)sc21. The van der Waals surface area contributed by atoms with Gasteiger partial charge in [-0.05, 0) is 19.8 Å². The number of anilines is 1. The molecule has 24 heavy (non-hydrogen) atoms. The number of aryl methyl sites for hydroxylation is 2. The predicted molar refractivity (Wildman–Crippen MR) is 94.8 cm³/mol. The Balaban J connectivity index is 1.80. The number of amides is 1. The number of halogens is 1. The first-order valence-electron chi connectivity index (χ1n) is 8.25. The van der Waals surface area contributed by atoms with Crippen LogP contribution in [0.2, 0.25) is 5.15 Å². The van der Waals surface area contributed by atoms with Gasteiger partial charge in [0.1, 0.15) is 5.15 Å². The fourth-order valence-electron chi connectivity index (χ4n) is 3.60. The standard InChI is InChI=1S/C16H20ClN5OS/c1-9-13(15(17)21(2)20-9)10-7-12(23)18-8-11-14(10)24-16(19-11)22-5-3-4-6-22/h10H,3-8H2,1-2H3,(H,18,23). The van der Waals surface area contributed by atoms with Crippen LogP contribution in [0, 0.1) is 6.92 Å². The molecule has 1 atom stereocenters. The van der Waals surface area contributed by atoms with Crippen LogP contribution in [0.1, 0.15) is 47.0 Å². The van der Waals surface area contributed by atoms with Crippen LogP contribution in [-0.4, -0.2) is 33.8 Å². The largest absolute Gasteiger partial charge is 0.350 e. The molecule has 1 fully saturated rings. The highest BCUT2D eigenvalue weighted by Crippen LogP contribution is 2.42. The van der Waals surface area contributed by atoms with Crippen LogP contribution in [0.5, 0.6) is 0 Å². The minimum absolute atomic E-state index is 0.0345. The molecule has 0 spiro atoms. The van der Waals surface area contributed by atoms with Crippen molar-refractivity contribution in [1.82, 2.24) is 20.1 Å². The summed E-state index contributed by atoms with van der Waals surface area (Å²) in [5, 5.41) is 9.06. The second-order valence-corrected chi connectivity index (χ2v) is 7.82. The number of hydrogen-bond acceptors (Lipinski definition) is 5. The summed E-state index contributed by atoms with van der Waals surface area (Å²) >= 11 is 8.20. The molecule has 2 aliphatic heterocycles. The van der Waals surface area contributed by atoms with Gasteiger partial charge in [-0.3, -0.25) is 9.48 Å². The van der Waals surface area contributed by atoms with Gasteiger partial charge in [-0.2, -0.15) is 5.10 Å². The van der Waals surface area contributed by atoms with E-state index >= 15 is 0 Å². The summed E-state index contributed by atoms with van der Waals surface area (Å²) in [6.45, 7) is 4.57. The zero-order chi connectivity index (χ0) is 16.8. The van der Waals surface area contributed by atoms with E-state index in [1.165, 1.54) is 12.8 Å². The first-order valence-corrected chi connectivity index (χ1v) is 9.44. The van der Waals surface area contributed by atoms with Crippen LogP contribution in [0.15, 0.2) is 0 Å². The summed E-state index contributed by atoms with van der Waals surface area (Å²) in [4.78, 5) is 20.5. The maximum atomic E-state index is 12.2. The van der Waals surface area contributed by atoms with E-state index in [2.05, 4.69) is 15.3 Å². The molecule has 1 unspecified atom stereocenters. The van der Waals surface area contributed by atoms with Crippen molar-refractivity contribution >= 4 is 34.0 Å². The molecule has 2 aromatic heterocycles. The molecule has 0 radical (unpaired) electrons. The van der Waals surface area contributed by atoms with E-state index in [9.17, 15) is 4.79 Å².